The summed E-state index contributed by atoms with van der Waals surface area (Å²) in [5.41, 5.74) is 2.62. The lowest BCUT2D eigenvalue weighted by atomic mass is 10.1. The molecule has 0 aliphatic carbocycles. The molecule has 8 heteroatoms. The van der Waals surface area contributed by atoms with Crippen molar-refractivity contribution in [3.05, 3.63) is 35.2 Å². The number of amides is 1. The Morgan fingerprint density at radius 2 is 2.05 bits per heavy atom. The molecule has 0 radical (unpaired) electrons. The SMILES string of the molecule is CC(=O)Nc1ccc(C2=CSC3=NS(=O)(=O)CCN23)cc1. The fraction of sp³-hybridized carbons (Fsp3) is 0.231. The molecule has 0 aromatic heterocycles. The summed E-state index contributed by atoms with van der Waals surface area (Å²) >= 11 is 1.31. The van der Waals surface area contributed by atoms with E-state index in [-0.39, 0.29) is 11.7 Å². The number of hydrogen-bond acceptors (Lipinski definition) is 5. The van der Waals surface area contributed by atoms with Gasteiger partial charge in [0.2, 0.25) is 5.91 Å². The Kier molecular flexibility index (Phi) is 3.50. The van der Waals surface area contributed by atoms with Crippen LogP contribution in [-0.2, 0) is 14.8 Å². The van der Waals surface area contributed by atoms with Crippen molar-refractivity contribution in [2.75, 3.05) is 17.6 Å². The number of carbonyl (C=O) groups is 1. The molecule has 21 heavy (non-hydrogen) atoms. The molecule has 1 amide bonds. The second kappa shape index (κ2) is 5.19. The number of thioether (sulfide) groups is 1. The minimum Gasteiger partial charge on any atom is -0.326 e. The van der Waals surface area contributed by atoms with Crippen molar-refractivity contribution in [3.63, 3.8) is 0 Å². The third kappa shape index (κ3) is 2.96. The largest absolute Gasteiger partial charge is 0.326 e. The average Bonchev–Trinajstić information content (AvgIpc) is 2.80. The van der Waals surface area contributed by atoms with Crippen LogP contribution in [0.25, 0.3) is 5.70 Å². The van der Waals surface area contributed by atoms with E-state index in [2.05, 4.69) is 9.71 Å². The maximum Gasteiger partial charge on any atom is 0.257 e. The molecule has 0 bridgehead atoms. The predicted octanol–water partition coefficient (Wildman–Crippen LogP) is 1.69. The first kappa shape index (κ1) is 14.2. The molecule has 0 spiro atoms. The van der Waals surface area contributed by atoms with Crippen molar-refractivity contribution < 1.29 is 13.2 Å². The van der Waals surface area contributed by atoms with E-state index in [0.29, 0.717) is 11.7 Å². The van der Waals surface area contributed by atoms with Gasteiger partial charge < -0.3 is 10.2 Å². The minimum absolute atomic E-state index is 0.0262. The second-order valence-electron chi connectivity index (χ2n) is 4.69. The van der Waals surface area contributed by atoms with Gasteiger partial charge in [-0.1, -0.05) is 23.9 Å². The molecule has 0 saturated carbocycles. The number of rotatable bonds is 2. The number of amidine groups is 1. The van der Waals surface area contributed by atoms with Crippen LogP contribution in [0.5, 0.6) is 0 Å². The first-order valence-electron chi connectivity index (χ1n) is 6.30. The standard InChI is InChI=1S/C13H13N3O3S2/c1-9(17)14-11-4-2-10(3-5-11)12-8-20-13-15-21(18,19)7-6-16(12)13/h2-5,8H,6-7H2,1H3,(H,14,17). The van der Waals surface area contributed by atoms with Gasteiger partial charge in [-0.25, -0.2) is 8.42 Å². The van der Waals surface area contributed by atoms with Gasteiger partial charge in [0.05, 0.1) is 11.4 Å². The monoisotopic (exact) mass is 323 g/mol. The highest BCUT2D eigenvalue weighted by Gasteiger charge is 2.31. The number of anilines is 1. The molecule has 6 nitrogen and oxygen atoms in total. The molecule has 1 aromatic carbocycles. The number of hydrogen-bond donors (Lipinski definition) is 1. The second-order valence-corrected chi connectivity index (χ2v) is 7.28. The number of sulfonamides is 1. The highest BCUT2D eigenvalue weighted by molar-refractivity contribution is 8.17. The van der Waals surface area contributed by atoms with E-state index in [4.69, 9.17) is 0 Å². The van der Waals surface area contributed by atoms with Gasteiger partial charge >= 0.3 is 0 Å². The Hall–Kier alpha value is -1.80. The molecular weight excluding hydrogens is 310 g/mol. The zero-order valence-corrected chi connectivity index (χ0v) is 12.9. The topological polar surface area (TPSA) is 78.8 Å². The Morgan fingerprint density at radius 1 is 1.33 bits per heavy atom. The fourth-order valence-corrected chi connectivity index (χ4v) is 4.30. The summed E-state index contributed by atoms with van der Waals surface area (Å²) < 4.78 is 26.8. The summed E-state index contributed by atoms with van der Waals surface area (Å²) in [5.74, 6) is -0.0905. The van der Waals surface area contributed by atoms with E-state index in [9.17, 15) is 13.2 Å². The first-order chi connectivity index (χ1) is 9.94. The average molecular weight is 323 g/mol. The van der Waals surface area contributed by atoms with Crippen LogP contribution in [0, 0.1) is 0 Å². The molecule has 2 aliphatic rings. The van der Waals surface area contributed by atoms with Gasteiger partial charge in [0, 0.05) is 24.6 Å². The van der Waals surface area contributed by atoms with Crippen LogP contribution < -0.4 is 5.32 Å². The fourth-order valence-electron chi connectivity index (χ4n) is 2.15. The van der Waals surface area contributed by atoms with E-state index < -0.39 is 10.0 Å². The van der Waals surface area contributed by atoms with E-state index in [1.807, 2.05) is 34.6 Å². The van der Waals surface area contributed by atoms with Crippen molar-refractivity contribution in [2.24, 2.45) is 4.40 Å². The highest BCUT2D eigenvalue weighted by Crippen LogP contribution is 2.35. The van der Waals surface area contributed by atoms with Gasteiger partial charge in [-0.15, -0.1) is 4.40 Å². The third-order valence-corrected chi connectivity index (χ3v) is 5.22. The molecule has 0 atom stereocenters. The van der Waals surface area contributed by atoms with Crippen LogP contribution in [0.2, 0.25) is 0 Å². The van der Waals surface area contributed by atoms with Gasteiger partial charge in [-0.05, 0) is 17.7 Å². The molecule has 0 saturated heterocycles. The molecule has 3 rings (SSSR count). The summed E-state index contributed by atoms with van der Waals surface area (Å²) in [7, 11) is -3.32. The zero-order chi connectivity index (χ0) is 15.0. The number of nitrogens with one attached hydrogen (secondary N) is 1. The number of carbonyl (C=O) groups excluding carboxylic acids is 1. The summed E-state index contributed by atoms with van der Waals surface area (Å²) in [6.45, 7) is 1.87. The summed E-state index contributed by atoms with van der Waals surface area (Å²) in [5, 5.41) is 5.11. The number of benzene rings is 1. The lowest BCUT2D eigenvalue weighted by molar-refractivity contribution is -0.114. The van der Waals surface area contributed by atoms with Crippen molar-refractivity contribution >= 4 is 44.2 Å². The van der Waals surface area contributed by atoms with Crippen LogP contribution >= 0.6 is 11.8 Å². The van der Waals surface area contributed by atoms with Crippen molar-refractivity contribution in [2.45, 2.75) is 6.92 Å². The van der Waals surface area contributed by atoms with E-state index in [1.165, 1.54) is 18.7 Å². The zero-order valence-electron chi connectivity index (χ0n) is 11.2. The van der Waals surface area contributed by atoms with Crippen molar-refractivity contribution in [1.82, 2.24) is 4.90 Å². The van der Waals surface area contributed by atoms with Crippen LogP contribution in [0.4, 0.5) is 5.69 Å². The Labute approximate surface area is 127 Å². The Balaban J connectivity index is 1.84. The molecule has 2 heterocycles. The Bertz CT molecular complexity index is 751. The van der Waals surface area contributed by atoms with Crippen LogP contribution in [0.1, 0.15) is 12.5 Å². The summed E-state index contributed by atoms with van der Waals surface area (Å²) in [6, 6.07) is 7.42. The maximum absolute atomic E-state index is 11.5. The van der Waals surface area contributed by atoms with Crippen LogP contribution in [-0.4, -0.2) is 36.7 Å². The highest BCUT2D eigenvalue weighted by atomic mass is 32.2. The van der Waals surface area contributed by atoms with E-state index in [0.717, 1.165) is 16.9 Å². The van der Waals surface area contributed by atoms with Gasteiger partial charge in [-0.3, -0.25) is 4.79 Å². The quantitative estimate of drug-likeness (QED) is 0.896. The first-order valence-corrected chi connectivity index (χ1v) is 8.78. The van der Waals surface area contributed by atoms with Gasteiger partial charge in [0.15, 0.2) is 5.17 Å². The number of nitrogens with zero attached hydrogens (tertiary/aromatic N) is 2. The molecule has 2 aliphatic heterocycles. The number of fused-ring (bicyclic) bond motifs is 1. The molecule has 1 N–H and O–H groups in total. The van der Waals surface area contributed by atoms with Gasteiger partial charge in [0.1, 0.15) is 0 Å². The predicted molar refractivity (Wildman–Crippen MR) is 84.2 cm³/mol. The molecular formula is C13H13N3O3S2. The van der Waals surface area contributed by atoms with Crippen molar-refractivity contribution in [3.8, 4) is 0 Å². The lowest BCUT2D eigenvalue weighted by Gasteiger charge is -2.25. The smallest absolute Gasteiger partial charge is 0.257 e. The van der Waals surface area contributed by atoms with E-state index in [1.54, 1.807) is 0 Å². The molecule has 1 aromatic rings. The third-order valence-electron chi connectivity index (χ3n) is 3.09. The van der Waals surface area contributed by atoms with Crippen molar-refractivity contribution in [1.29, 1.82) is 0 Å². The molecule has 110 valence electrons. The summed E-state index contributed by atoms with van der Waals surface area (Å²) in [6.07, 6.45) is 0. The van der Waals surface area contributed by atoms with E-state index >= 15 is 0 Å². The maximum atomic E-state index is 11.5. The Morgan fingerprint density at radius 3 is 2.71 bits per heavy atom. The van der Waals surface area contributed by atoms with Gasteiger partial charge in [-0.2, -0.15) is 0 Å². The normalized spacial score (nSPS) is 19.6. The van der Waals surface area contributed by atoms with Gasteiger partial charge in [0.25, 0.3) is 10.0 Å². The lowest BCUT2D eigenvalue weighted by Crippen LogP contribution is -2.34. The molecule has 0 fully saturated rings. The van der Waals surface area contributed by atoms with Crippen LogP contribution in [0.3, 0.4) is 0 Å². The minimum atomic E-state index is -3.32. The molecule has 0 unspecified atom stereocenters. The van der Waals surface area contributed by atoms with Crippen LogP contribution in [0.15, 0.2) is 34.1 Å². The summed E-state index contributed by atoms with van der Waals surface area (Å²) in [4.78, 5) is 12.9.